The topological polar surface area (TPSA) is 26.7 Å². The molecule has 0 aromatic heterocycles. The zero-order chi connectivity index (χ0) is 13.9. The van der Waals surface area contributed by atoms with Crippen LogP contribution >= 0.6 is 0 Å². The number of aliphatic hydroxyl groups excluding tert-OH is 1. The van der Waals surface area contributed by atoms with Crippen molar-refractivity contribution in [3.8, 4) is 0 Å². The molecule has 3 heteroatoms. The predicted molar refractivity (Wildman–Crippen MR) is 80.3 cm³/mol. The zero-order valence-electron chi connectivity index (χ0n) is 13.1. The first kappa shape index (κ1) is 15.3. The lowest BCUT2D eigenvalue weighted by molar-refractivity contribution is -0.0174. The van der Waals surface area contributed by atoms with Gasteiger partial charge in [-0.1, -0.05) is 12.8 Å². The summed E-state index contributed by atoms with van der Waals surface area (Å²) in [6.45, 7) is 2.32. The molecule has 2 aliphatic rings. The molecule has 112 valence electrons. The van der Waals surface area contributed by atoms with E-state index in [1.165, 1.54) is 38.5 Å². The van der Waals surface area contributed by atoms with Crippen molar-refractivity contribution in [3.05, 3.63) is 0 Å². The van der Waals surface area contributed by atoms with Crippen LogP contribution in [0.25, 0.3) is 0 Å². The van der Waals surface area contributed by atoms with E-state index in [-0.39, 0.29) is 6.10 Å². The average Bonchev–Trinajstić information content (AvgIpc) is 2.81. The number of aliphatic hydroxyl groups is 1. The molecule has 0 saturated heterocycles. The highest BCUT2D eigenvalue weighted by Gasteiger charge is 2.46. The number of rotatable bonds is 5. The van der Waals surface area contributed by atoms with Gasteiger partial charge in [-0.15, -0.1) is 0 Å². The van der Waals surface area contributed by atoms with Crippen LogP contribution in [0.3, 0.4) is 0 Å². The van der Waals surface area contributed by atoms with E-state index >= 15 is 0 Å². The van der Waals surface area contributed by atoms with Gasteiger partial charge in [-0.05, 0) is 78.2 Å². The fraction of sp³-hybridized carbons (Fsp3) is 1.00. The molecule has 0 heterocycles. The van der Waals surface area contributed by atoms with Crippen molar-refractivity contribution in [2.45, 2.75) is 63.5 Å². The first-order valence-electron chi connectivity index (χ1n) is 8.06. The van der Waals surface area contributed by atoms with E-state index < -0.39 is 0 Å². The number of hydrogen-bond donors (Lipinski definition) is 1. The maximum atomic E-state index is 10.1. The van der Waals surface area contributed by atoms with Gasteiger partial charge in [-0.25, -0.2) is 0 Å². The molecule has 0 aliphatic heterocycles. The molecule has 0 amide bonds. The molecule has 0 aromatic carbocycles. The van der Waals surface area contributed by atoms with Crippen LogP contribution in [0.2, 0.25) is 0 Å². The second-order valence-corrected chi connectivity index (χ2v) is 7.15. The van der Waals surface area contributed by atoms with Crippen molar-refractivity contribution in [2.75, 3.05) is 34.2 Å². The lowest BCUT2D eigenvalue weighted by Crippen LogP contribution is -2.50. The Hall–Kier alpha value is -0.120. The van der Waals surface area contributed by atoms with E-state index in [0.717, 1.165) is 25.9 Å². The molecular weight excluding hydrogens is 236 g/mol. The van der Waals surface area contributed by atoms with Crippen LogP contribution < -0.4 is 0 Å². The van der Waals surface area contributed by atoms with Gasteiger partial charge < -0.3 is 14.9 Å². The summed E-state index contributed by atoms with van der Waals surface area (Å²) in [6.07, 6.45) is 10.0. The quantitative estimate of drug-likeness (QED) is 0.829. The third kappa shape index (κ3) is 3.71. The molecule has 0 bridgehead atoms. The predicted octanol–water partition coefficient (Wildman–Crippen LogP) is 2.34. The largest absolute Gasteiger partial charge is 0.393 e. The third-order valence-corrected chi connectivity index (χ3v) is 5.43. The van der Waals surface area contributed by atoms with Crippen LogP contribution in [-0.4, -0.2) is 61.3 Å². The van der Waals surface area contributed by atoms with Gasteiger partial charge in [0.1, 0.15) is 0 Å². The fourth-order valence-electron chi connectivity index (χ4n) is 4.35. The third-order valence-electron chi connectivity index (χ3n) is 5.43. The smallest absolute Gasteiger partial charge is 0.0555 e. The molecule has 2 unspecified atom stereocenters. The van der Waals surface area contributed by atoms with Crippen LogP contribution in [0.15, 0.2) is 0 Å². The standard InChI is InChI=1S/C16H32N2O/c1-17(2)11-6-12-18(3)15-13-14(19)7-10-16(15)8-4-5-9-16/h14-15,19H,4-13H2,1-3H3. The Morgan fingerprint density at radius 3 is 2.37 bits per heavy atom. The highest BCUT2D eigenvalue weighted by Crippen LogP contribution is 2.50. The van der Waals surface area contributed by atoms with Crippen molar-refractivity contribution in [1.82, 2.24) is 9.80 Å². The van der Waals surface area contributed by atoms with Gasteiger partial charge in [-0.3, -0.25) is 0 Å². The Labute approximate surface area is 119 Å². The summed E-state index contributed by atoms with van der Waals surface area (Å²) >= 11 is 0. The lowest BCUT2D eigenvalue weighted by Gasteiger charge is -2.48. The van der Waals surface area contributed by atoms with Gasteiger partial charge in [0.25, 0.3) is 0 Å². The highest BCUT2D eigenvalue weighted by atomic mass is 16.3. The first-order valence-corrected chi connectivity index (χ1v) is 8.06. The van der Waals surface area contributed by atoms with Crippen molar-refractivity contribution in [2.24, 2.45) is 5.41 Å². The van der Waals surface area contributed by atoms with Gasteiger partial charge in [-0.2, -0.15) is 0 Å². The summed E-state index contributed by atoms with van der Waals surface area (Å²) in [4.78, 5) is 4.81. The van der Waals surface area contributed by atoms with Crippen molar-refractivity contribution < 1.29 is 5.11 Å². The summed E-state index contributed by atoms with van der Waals surface area (Å²) in [5.74, 6) is 0. The zero-order valence-corrected chi connectivity index (χ0v) is 13.1. The Morgan fingerprint density at radius 2 is 1.74 bits per heavy atom. The van der Waals surface area contributed by atoms with Crippen molar-refractivity contribution in [3.63, 3.8) is 0 Å². The van der Waals surface area contributed by atoms with Crippen LogP contribution in [0.5, 0.6) is 0 Å². The molecule has 2 fully saturated rings. The Kier molecular flexibility index (Phi) is 5.27. The molecule has 1 N–H and O–H groups in total. The molecule has 2 atom stereocenters. The molecule has 19 heavy (non-hydrogen) atoms. The normalized spacial score (nSPS) is 30.6. The molecule has 2 rings (SSSR count). The molecule has 0 aromatic rings. The van der Waals surface area contributed by atoms with E-state index in [1.54, 1.807) is 0 Å². The fourth-order valence-corrected chi connectivity index (χ4v) is 4.35. The lowest BCUT2D eigenvalue weighted by atomic mass is 9.67. The summed E-state index contributed by atoms with van der Waals surface area (Å²) in [6, 6.07) is 0.612. The molecule has 0 radical (unpaired) electrons. The second-order valence-electron chi connectivity index (χ2n) is 7.15. The number of nitrogens with zero attached hydrogens (tertiary/aromatic N) is 2. The summed E-state index contributed by atoms with van der Waals surface area (Å²) in [5, 5.41) is 10.1. The SMILES string of the molecule is CN(C)CCCN(C)C1CC(O)CCC12CCCC2. The summed E-state index contributed by atoms with van der Waals surface area (Å²) < 4.78 is 0. The maximum Gasteiger partial charge on any atom is 0.0555 e. The van der Waals surface area contributed by atoms with Crippen LogP contribution in [0, 0.1) is 5.41 Å². The van der Waals surface area contributed by atoms with Gasteiger partial charge in [0.05, 0.1) is 6.10 Å². The van der Waals surface area contributed by atoms with Crippen LogP contribution in [0.4, 0.5) is 0 Å². The highest BCUT2D eigenvalue weighted by molar-refractivity contribution is 4.99. The monoisotopic (exact) mass is 268 g/mol. The minimum Gasteiger partial charge on any atom is -0.393 e. The summed E-state index contributed by atoms with van der Waals surface area (Å²) in [7, 11) is 6.56. The average molecular weight is 268 g/mol. The Morgan fingerprint density at radius 1 is 1.05 bits per heavy atom. The van der Waals surface area contributed by atoms with Crippen molar-refractivity contribution >= 4 is 0 Å². The minimum atomic E-state index is -0.0625. The Bertz CT molecular complexity index is 274. The molecule has 2 aliphatic carbocycles. The Balaban J connectivity index is 1.93. The van der Waals surface area contributed by atoms with Gasteiger partial charge >= 0.3 is 0 Å². The molecular formula is C16H32N2O. The van der Waals surface area contributed by atoms with E-state index in [1.807, 2.05) is 0 Å². The minimum absolute atomic E-state index is 0.0625. The van der Waals surface area contributed by atoms with E-state index in [2.05, 4.69) is 30.9 Å². The molecule has 1 spiro atoms. The number of hydrogen-bond acceptors (Lipinski definition) is 3. The van der Waals surface area contributed by atoms with Crippen molar-refractivity contribution in [1.29, 1.82) is 0 Å². The van der Waals surface area contributed by atoms with Gasteiger partial charge in [0.15, 0.2) is 0 Å². The maximum absolute atomic E-state index is 10.1. The van der Waals surface area contributed by atoms with Gasteiger partial charge in [0, 0.05) is 6.04 Å². The van der Waals surface area contributed by atoms with Gasteiger partial charge in [0.2, 0.25) is 0 Å². The second kappa shape index (κ2) is 6.55. The molecule has 2 saturated carbocycles. The first-order chi connectivity index (χ1) is 9.03. The van der Waals surface area contributed by atoms with E-state index in [9.17, 15) is 5.11 Å². The van der Waals surface area contributed by atoms with E-state index in [0.29, 0.717) is 11.5 Å². The molecule has 3 nitrogen and oxygen atoms in total. The van der Waals surface area contributed by atoms with Crippen LogP contribution in [-0.2, 0) is 0 Å². The van der Waals surface area contributed by atoms with E-state index in [4.69, 9.17) is 0 Å². The van der Waals surface area contributed by atoms with Crippen LogP contribution in [0.1, 0.15) is 51.4 Å². The summed E-state index contributed by atoms with van der Waals surface area (Å²) in [5.41, 5.74) is 0.534.